The predicted octanol–water partition coefficient (Wildman–Crippen LogP) is 2.22. The molecule has 1 aromatic carbocycles. The van der Waals surface area contributed by atoms with Crippen molar-refractivity contribution in [1.29, 1.82) is 0 Å². The molecule has 1 aromatic rings. The van der Waals surface area contributed by atoms with E-state index >= 15 is 0 Å². The molecule has 0 aliphatic rings. The minimum absolute atomic E-state index is 0.0201. The summed E-state index contributed by atoms with van der Waals surface area (Å²) in [7, 11) is 0. The summed E-state index contributed by atoms with van der Waals surface area (Å²) < 4.78 is 15.0. The highest BCUT2D eigenvalue weighted by Gasteiger charge is 2.17. The second kappa shape index (κ2) is 6.33. The largest absolute Gasteiger partial charge is 0.427 e. The van der Waals surface area contributed by atoms with E-state index in [9.17, 15) is 14.4 Å². The van der Waals surface area contributed by atoms with E-state index in [-0.39, 0.29) is 17.2 Å². The van der Waals surface area contributed by atoms with Crippen LogP contribution in [-0.2, 0) is 14.4 Å². The van der Waals surface area contributed by atoms with Gasteiger partial charge in [0.25, 0.3) is 0 Å². The number of esters is 3. The van der Waals surface area contributed by atoms with Gasteiger partial charge in [0.05, 0.1) is 4.47 Å². The Morgan fingerprint density at radius 3 is 1.89 bits per heavy atom. The molecule has 0 aliphatic heterocycles. The summed E-state index contributed by atoms with van der Waals surface area (Å²) in [5, 5.41) is 0. The lowest BCUT2D eigenvalue weighted by molar-refractivity contribution is -0.134. The maximum Gasteiger partial charge on any atom is 0.308 e. The number of carbonyl (C=O) groups is 3. The van der Waals surface area contributed by atoms with Crippen LogP contribution in [0.1, 0.15) is 20.8 Å². The lowest BCUT2D eigenvalue weighted by Crippen LogP contribution is -2.09. The number of carbonyl (C=O) groups excluding carboxylic acids is 3. The van der Waals surface area contributed by atoms with Crippen LogP contribution in [0.2, 0.25) is 0 Å². The van der Waals surface area contributed by atoms with Crippen LogP contribution < -0.4 is 14.2 Å². The second-order valence-corrected chi connectivity index (χ2v) is 4.37. The van der Waals surface area contributed by atoms with Gasteiger partial charge in [0.15, 0.2) is 11.5 Å². The fraction of sp³-hybridized carbons (Fsp3) is 0.250. The normalized spacial score (nSPS) is 9.68. The SMILES string of the molecule is CC(=O)Oc1cc(Br)c(OC(C)=O)c(OC(C)=O)c1. The van der Waals surface area contributed by atoms with Crippen molar-refractivity contribution in [3.05, 3.63) is 16.6 Å². The minimum atomic E-state index is -0.597. The van der Waals surface area contributed by atoms with Gasteiger partial charge < -0.3 is 14.2 Å². The van der Waals surface area contributed by atoms with Crippen LogP contribution in [-0.4, -0.2) is 17.9 Å². The number of hydrogen-bond donors (Lipinski definition) is 0. The highest BCUT2D eigenvalue weighted by molar-refractivity contribution is 9.10. The summed E-state index contributed by atoms with van der Waals surface area (Å²) in [6.45, 7) is 3.65. The molecule has 6 nitrogen and oxygen atoms in total. The van der Waals surface area contributed by atoms with E-state index in [0.717, 1.165) is 0 Å². The van der Waals surface area contributed by atoms with Gasteiger partial charge in [0.2, 0.25) is 0 Å². The maximum absolute atomic E-state index is 11.0. The third kappa shape index (κ3) is 4.70. The molecule has 0 saturated heterocycles. The Morgan fingerprint density at radius 2 is 1.42 bits per heavy atom. The van der Waals surface area contributed by atoms with Crippen molar-refractivity contribution in [3.8, 4) is 17.2 Å². The van der Waals surface area contributed by atoms with Gasteiger partial charge in [-0.25, -0.2) is 0 Å². The predicted molar refractivity (Wildman–Crippen MR) is 68.1 cm³/mol. The van der Waals surface area contributed by atoms with Crippen LogP contribution in [0.3, 0.4) is 0 Å². The van der Waals surface area contributed by atoms with Crippen molar-refractivity contribution in [2.45, 2.75) is 20.8 Å². The topological polar surface area (TPSA) is 78.9 Å². The molecule has 0 fully saturated rings. The molecule has 102 valence electrons. The average molecular weight is 331 g/mol. The standard InChI is InChI=1S/C12H11BrO6/c1-6(14)17-9-4-10(13)12(19-8(3)16)11(5-9)18-7(2)15/h4-5H,1-3H3. The summed E-state index contributed by atoms with van der Waals surface area (Å²) in [4.78, 5) is 32.9. The molecule has 0 amide bonds. The van der Waals surface area contributed by atoms with Crippen LogP contribution in [0.25, 0.3) is 0 Å². The number of ether oxygens (including phenoxy) is 3. The number of benzene rings is 1. The quantitative estimate of drug-likeness (QED) is 0.624. The van der Waals surface area contributed by atoms with Crippen LogP contribution in [0, 0.1) is 0 Å². The Hall–Kier alpha value is -1.89. The first-order valence-corrected chi connectivity index (χ1v) is 5.97. The van der Waals surface area contributed by atoms with Crippen molar-refractivity contribution in [1.82, 2.24) is 0 Å². The fourth-order valence-corrected chi connectivity index (χ4v) is 1.74. The van der Waals surface area contributed by atoms with Gasteiger partial charge in [-0.05, 0) is 22.0 Å². The number of hydrogen-bond acceptors (Lipinski definition) is 6. The monoisotopic (exact) mass is 330 g/mol. The van der Waals surface area contributed by atoms with Crippen molar-refractivity contribution in [2.75, 3.05) is 0 Å². The molecule has 0 aromatic heterocycles. The van der Waals surface area contributed by atoms with Crippen LogP contribution >= 0.6 is 15.9 Å². The number of halogens is 1. The van der Waals surface area contributed by atoms with Crippen molar-refractivity contribution in [2.24, 2.45) is 0 Å². The van der Waals surface area contributed by atoms with E-state index in [1.165, 1.54) is 32.9 Å². The van der Waals surface area contributed by atoms with Crippen LogP contribution in [0.4, 0.5) is 0 Å². The summed E-state index contributed by atoms with van der Waals surface area (Å²) in [5.74, 6) is -1.52. The van der Waals surface area contributed by atoms with Crippen LogP contribution in [0.15, 0.2) is 16.6 Å². The van der Waals surface area contributed by atoms with Gasteiger partial charge in [-0.3, -0.25) is 14.4 Å². The first-order chi connectivity index (χ1) is 8.79. The van der Waals surface area contributed by atoms with Crippen LogP contribution in [0.5, 0.6) is 17.2 Å². The highest BCUT2D eigenvalue weighted by atomic mass is 79.9. The summed E-state index contributed by atoms with van der Waals surface area (Å²) in [5.41, 5.74) is 0. The van der Waals surface area contributed by atoms with E-state index in [4.69, 9.17) is 14.2 Å². The molecular weight excluding hydrogens is 320 g/mol. The van der Waals surface area contributed by atoms with Gasteiger partial charge in [0.1, 0.15) is 5.75 Å². The van der Waals surface area contributed by atoms with Gasteiger partial charge in [0, 0.05) is 26.8 Å². The Morgan fingerprint density at radius 1 is 0.895 bits per heavy atom. The Bertz CT molecular complexity index is 537. The molecule has 0 spiro atoms. The smallest absolute Gasteiger partial charge is 0.308 e. The molecule has 0 heterocycles. The van der Waals surface area contributed by atoms with Gasteiger partial charge in [-0.15, -0.1) is 0 Å². The van der Waals surface area contributed by atoms with E-state index < -0.39 is 17.9 Å². The summed E-state index contributed by atoms with van der Waals surface area (Å²) in [6.07, 6.45) is 0. The first kappa shape index (κ1) is 15.2. The zero-order valence-corrected chi connectivity index (χ0v) is 12.1. The van der Waals surface area contributed by atoms with Gasteiger partial charge in [-0.2, -0.15) is 0 Å². The Kier molecular flexibility index (Phi) is 5.05. The zero-order chi connectivity index (χ0) is 14.6. The molecule has 0 atom stereocenters. The zero-order valence-electron chi connectivity index (χ0n) is 10.5. The van der Waals surface area contributed by atoms with Crippen molar-refractivity contribution >= 4 is 33.8 Å². The highest BCUT2D eigenvalue weighted by Crippen LogP contribution is 2.39. The summed E-state index contributed by atoms with van der Waals surface area (Å²) >= 11 is 3.15. The molecule has 0 N–H and O–H groups in total. The Labute approximate surface area is 117 Å². The molecule has 0 bridgehead atoms. The van der Waals surface area contributed by atoms with E-state index in [1.807, 2.05) is 0 Å². The van der Waals surface area contributed by atoms with Crippen molar-refractivity contribution in [3.63, 3.8) is 0 Å². The Balaban J connectivity index is 3.24. The van der Waals surface area contributed by atoms with Crippen molar-refractivity contribution < 1.29 is 28.6 Å². The fourth-order valence-electron chi connectivity index (χ4n) is 1.24. The molecule has 7 heteroatoms. The minimum Gasteiger partial charge on any atom is -0.427 e. The third-order valence-corrected chi connectivity index (χ3v) is 2.33. The van der Waals surface area contributed by atoms with Gasteiger partial charge >= 0.3 is 17.9 Å². The lowest BCUT2D eigenvalue weighted by Gasteiger charge is -2.12. The molecule has 0 aliphatic carbocycles. The lowest BCUT2D eigenvalue weighted by atomic mass is 10.3. The van der Waals surface area contributed by atoms with E-state index in [2.05, 4.69) is 15.9 Å². The van der Waals surface area contributed by atoms with E-state index in [0.29, 0.717) is 4.47 Å². The van der Waals surface area contributed by atoms with Gasteiger partial charge in [-0.1, -0.05) is 0 Å². The molecule has 19 heavy (non-hydrogen) atoms. The molecule has 0 radical (unpaired) electrons. The number of rotatable bonds is 3. The van der Waals surface area contributed by atoms with E-state index in [1.54, 1.807) is 0 Å². The second-order valence-electron chi connectivity index (χ2n) is 3.51. The maximum atomic E-state index is 11.0. The molecule has 1 rings (SSSR count). The first-order valence-electron chi connectivity index (χ1n) is 5.18. The molecular formula is C12H11BrO6. The molecule has 0 saturated carbocycles. The average Bonchev–Trinajstić information content (AvgIpc) is 2.21. The summed E-state index contributed by atoms with van der Waals surface area (Å²) in [6, 6.07) is 2.71. The molecule has 0 unspecified atom stereocenters. The third-order valence-electron chi connectivity index (χ3n) is 1.74.